The number of ether oxygens (including phenoxy) is 1. The summed E-state index contributed by atoms with van der Waals surface area (Å²) < 4.78 is 11.1. The Morgan fingerprint density at radius 1 is 1.03 bits per heavy atom. The molecule has 1 N–H and O–H groups in total. The average molecular weight is 471 g/mol. The number of hydrogen-bond donors (Lipinski definition) is 1. The van der Waals surface area contributed by atoms with Crippen molar-refractivity contribution in [3.05, 3.63) is 76.0 Å². The van der Waals surface area contributed by atoms with Gasteiger partial charge in [-0.05, 0) is 67.6 Å². The second-order valence-corrected chi connectivity index (χ2v) is 7.55. The van der Waals surface area contributed by atoms with Crippen molar-refractivity contribution in [2.24, 2.45) is 0 Å². The average Bonchev–Trinajstić information content (AvgIpc) is 3.22. The number of nitrogens with zero attached hydrogens (tertiary/aromatic N) is 1. The molecule has 3 aromatic rings. The number of barbiturate groups is 1. The molecular formula is C23H16Cl2N2O5. The molecule has 2 heterocycles. The Hall–Kier alpha value is -3.55. The fourth-order valence-corrected chi connectivity index (χ4v) is 3.54. The third-order valence-corrected chi connectivity index (χ3v) is 5.18. The minimum Gasteiger partial charge on any atom is -0.494 e. The molecule has 1 aliphatic heterocycles. The van der Waals surface area contributed by atoms with Crippen LogP contribution in [0.15, 0.2) is 64.6 Å². The largest absolute Gasteiger partial charge is 0.494 e. The zero-order valence-electron chi connectivity index (χ0n) is 16.7. The summed E-state index contributed by atoms with van der Waals surface area (Å²) in [6.07, 6.45) is 1.27. The van der Waals surface area contributed by atoms with Crippen molar-refractivity contribution in [3.8, 4) is 17.1 Å². The lowest BCUT2D eigenvalue weighted by Gasteiger charge is -2.26. The number of halogens is 2. The standard InChI is InChI=1S/C23H16Cl2N2O5/c1-2-31-15-6-4-14(5-7-15)27-22(29)18(21(28)26-23(27)30)12-16-8-10-20(32-16)17-11-13(24)3-9-19(17)25/h3-12H,2H2,1H3,(H,26,28,30)/b18-12+. The molecule has 0 aliphatic carbocycles. The molecule has 0 bridgehead atoms. The summed E-state index contributed by atoms with van der Waals surface area (Å²) in [5, 5.41) is 3.08. The smallest absolute Gasteiger partial charge is 0.335 e. The molecule has 0 spiro atoms. The first-order valence-corrected chi connectivity index (χ1v) is 10.3. The molecule has 1 aliphatic rings. The lowest BCUT2D eigenvalue weighted by Crippen LogP contribution is -2.54. The fraction of sp³-hybridized carbons (Fsp3) is 0.0870. The van der Waals surface area contributed by atoms with E-state index >= 15 is 0 Å². The van der Waals surface area contributed by atoms with Gasteiger partial charge in [0.25, 0.3) is 11.8 Å². The van der Waals surface area contributed by atoms with E-state index in [1.807, 2.05) is 6.92 Å². The van der Waals surface area contributed by atoms with Crippen LogP contribution in [0.25, 0.3) is 17.4 Å². The molecule has 7 nitrogen and oxygen atoms in total. The van der Waals surface area contributed by atoms with Crippen LogP contribution in [0.3, 0.4) is 0 Å². The lowest BCUT2D eigenvalue weighted by molar-refractivity contribution is -0.122. The van der Waals surface area contributed by atoms with E-state index in [1.54, 1.807) is 54.6 Å². The Kier molecular flexibility index (Phi) is 6.03. The van der Waals surface area contributed by atoms with Gasteiger partial charge in [0.05, 0.1) is 17.3 Å². The van der Waals surface area contributed by atoms with Gasteiger partial charge in [-0.3, -0.25) is 14.9 Å². The van der Waals surface area contributed by atoms with E-state index in [0.29, 0.717) is 39.4 Å². The molecule has 0 atom stereocenters. The van der Waals surface area contributed by atoms with E-state index in [1.165, 1.54) is 6.08 Å². The predicted molar refractivity (Wildman–Crippen MR) is 121 cm³/mol. The number of benzene rings is 2. The lowest BCUT2D eigenvalue weighted by atomic mass is 10.1. The van der Waals surface area contributed by atoms with Crippen LogP contribution in [0.4, 0.5) is 10.5 Å². The Labute approximate surface area is 193 Å². The van der Waals surface area contributed by atoms with E-state index in [-0.39, 0.29) is 11.3 Å². The summed E-state index contributed by atoms with van der Waals surface area (Å²) in [4.78, 5) is 38.6. The van der Waals surface area contributed by atoms with Gasteiger partial charge >= 0.3 is 6.03 Å². The molecule has 4 rings (SSSR count). The van der Waals surface area contributed by atoms with Crippen molar-refractivity contribution in [1.29, 1.82) is 0 Å². The topological polar surface area (TPSA) is 88.8 Å². The molecule has 1 aromatic heterocycles. The van der Waals surface area contributed by atoms with Crippen LogP contribution >= 0.6 is 23.2 Å². The quantitative estimate of drug-likeness (QED) is 0.402. The monoisotopic (exact) mass is 470 g/mol. The van der Waals surface area contributed by atoms with Crippen LogP contribution in [-0.2, 0) is 9.59 Å². The predicted octanol–water partition coefficient (Wildman–Crippen LogP) is 5.32. The Morgan fingerprint density at radius 2 is 1.78 bits per heavy atom. The number of urea groups is 1. The molecule has 4 amide bonds. The van der Waals surface area contributed by atoms with E-state index in [2.05, 4.69) is 5.32 Å². The van der Waals surface area contributed by atoms with Crippen LogP contribution in [-0.4, -0.2) is 24.5 Å². The highest BCUT2D eigenvalue weighted by molar-refractivity contribution is 6.39. The second kappa shape index (κ2) is 8.90. The van der Waals surface area contributed by atoms with Gasteiger partial charge in [-0.25, -0.2) is 9.69 Å². The number of anilines is 1. The molecule has 9 heteroatoms. The maximum Gasteiger partial charge on any atom is 0.335 e. The Bertz CT molecular complexity index is 1250. The van der Waals surface area contributed by atoms with Gasteiger partial charge in [0.15, 0.2) is 0 Å². The second-order valence-electron chi connectivity index (χ2n) is 6.71. The van der Waals surface area contributed by atoms with Crippen molar-refractivity contribution in [2.45, 2.75) is 6.92 Å². The SMILES string of the molecule is CCOc1ccc(N2C(=O)NC(=O)/C(=C\c3ccc(-c4cc(Cl)ccc4Cl)o3)C2=O)cc1. The first kappa shape index (κ1) is 21.7. The van der Waals surface area contributed by atoms with Gasteiger partial charge in [0.2, 0.25) is 0 Å². The number of carbonyl (C=O) groups is 3. The summed E-state index contributed by atoms with van der Waals surface area (Å²) in [6, 6.07) is 13.7. The maximum atomic E-state index is 13.0. The van der Waals surface area contributed by atoms with Crippen LogP contribution in [0.1, 0.15) is 12.7 Å². The molecule has 1 fully saturated rings. The molecule has 1 saturated heterocycles. The summed E-state index contributed by atoms with van der Waals surface area (Å²) >= 11 is 12.2. The minimum absolute atomic E-state index is 0.232. The fourth-order valence-electron chi connectivity index (χ4n) is 3.15. The van der Waals surface area contributed by atoms with Gasteiger partial charge in [-0.15, -0.1) is 0 Å². The van der Waals surface area contributed by atoms with Gasteiger partial charge in [-0.2, -0.15) is 0 Å². The highest BCUT2D eigenvalue weighted by Crippen LogP contribution is 2.32. The number of amides is 4. The van der Waals surface area contributed by atoms with Gasteiger partial charge in [0.1, 0.15) is 22.8 Å². The van der Waals surface area contributed by atoms with Gasteiger partial charge in [-0.1, -0.05) is 23.2 Å². The summed E-state index contributed by atoms with van der Waals surface area (Å²) in [5.74, 6) is -0.360. The molecular weight excluding hydrogens is 455 g/mol. The van der Waals surface area contributed by atoms with Crippen LogP contribution in [0.5, 0.6) is 5.75 Å². The maximum absolute atomic E-state index is 13.0. The summed E-state index contributed by atoms with van der Waals surface area (Å²) in [6.45, 7) is 2.33. The molecule has 162 valence electrons. The van der Waals surface area contributed by atoms with Gasteiger partial charge in [0, 0.05) is 10.6 Å². The zero-order chi connectivity index (χ0) is 22.8. The minimum atomic E-state index is -0.841. The molecule has 0 unspecified atom stereocenters. The van der Waals surface area contributed by atoms with E-state index in [0.717, 1.165) is 4.90 Å². The molecule has 0 radical (unpaired) electrons. The van der Waals surface area contributed by atoms with E-state index < -0.39 is 17.8 Å². The van der Waals surface area contributed by atoms with Crippen molar-refractivity contribution in [2.75, 3.05) is 11.5 Å². The number of rotatable bonds is 5. The molecule has 2 aromatic carbocycles. The van der Waals surface area contributed by atoms with E-state index in [4.69, 9.17) is 32.4 Å². The van der Waals surface area contributed by atoms with E-state index in [9.17, 15) is 14.4 Å². The number of furan rings is 1. The van der Waals surface area contributed by atoms with Gasteiger partial charge < -0.3 is 9.15 Å². The summed E-state index contributed by atoms with van der Waals surface area (Å²) in [5.41, 5.74) is 0.603. The normalized spacial score (nSPS) is 15.3. The third kappa shape index (κ3) is 4.26. The van der Waals surface area contributed by atoms with Crippen molar-refractivity contribution in [1.82, 2.24) is 5.32 Å². The first-order chi connectivity index (χ1) is 15.4. The van der Waals surface area contributed by atoms with Crippen molar-refractivity contribution >= 4 is 52.8 Å². The number of hydrogen-bond acceptors (Lipinski definition) is 5. The number of nitrogens with one attached hydrogen (secondary N) is 1. The van der Waals surface area contributed by atoms with Crippen LogP contribution in [0, 0.1) is 0 Å². The Balaban J connectivity index is 1.65. The van der Waals surface area contributed by atoms with Crippen LogP contribution in [0.2, 0.25) is 10.0 Å². The van der Waals surface area contributed by atoms with Crippen molar-refractivity contribution in [3.63, 3.8) is 0 Å². The number of imide groups is 2. The van der Waals surface area contributed by atoms with Crippen LogP contribution < -0.4 is 15.0 Å². The highest BCUT2D eigenvalue weighted by Gasteiger charge is 2.37. The third-order valence-electron chi connectivity index (χ3n) is 4.61. The highest BCUT2D eigenvalue weighted by atomic mass is 35.5. The molecule has 0 saturated carbocycles. The molecule has 32 heavy (non-hydrogen) atoms. The first-order valence-electron chi connectivity index (χ1n) is 9.57. The van der Waals surface area contributed by atoms with Crippen molar-refractivity contribution < 1.29 is 23.5 Å². The zero-order valence-corrected chi connectivity index (χ0v) is 18.2. The summed E-state index contributed by atoms with van der Waals surface area (Å²) in [7, 11) is 0. The number of carbonyl (C=O) groups excluding carboxylic acids is 3. The Morgan fingerprint density at radius 3 is 2.50 bits per heavy atom.